The summed E-state index contributed by atoms with van der Waals surface area (Å²) in [6.45, 7) is 1.05. The van der Waals surface area contributed by atoms with Crippen molar-refractivity contribution in [1.82, 2.24) is 0 Å². The Labute approximate surface area is 122 Å². The first-order chi connectivity index (χ1) is 10.2. The highest BCUT2D eigenvalue weighted by molar-refractivity contribution is 5.66. The minimum absolute atomic E-state index is 0.0178. The number of fused-ring (bicyclic) bond motifs is 1. The second-order valence-electron chi connectivity index (χ2n) is 5.10. The van der Waals surface area contributed by atoms with E-state index in [1.807, 2.05) is 12.2 Å². The maximum Gasteiger partial charge on any atom is 0.311 e. The zero-order valence-electron chi connectivity index (χ0n) is 11.6. The number of nitro groups is 1. The Morgan fingerprint density at radius 2 is 2.29 bits per heavy atom. The maximum atomic E-state index is 11.0. The van der Waals surface area contributed by atoms with Crippen molar-refractivity contribution in [3.8, 4) is 5.75 Å². The van der Waals surface area contributed by atoms with Gasteiger partial charge in [0.25, 0.3) is 0 Å². The molecule has 1 saturated heterocycles. The van der Waals surface area contributed by atoms with Gasteiger partial charge < -0.3 is 14.2 Å². The first kappa shape index (κ1) is 14.0. The Balaban J connectivity index is 1.65. The van der Waals surface area contributed by atoms with Gasteiger partial charge in [0.05, 0.1) is 11.5 Å². The Kier molecular flexibility index (Phi) is 4.17. The summed E-state index contributed by atoms with van der Waals surface area (Å²) in [6, 6.07) is 4.89. The van der Waals surface area contributed by atoms with E-state index in [2.05, 4.69) is 0 Å². The van der Waals surface area contributed by atoms with Crippen LogP contribution in [-0.2, 0) is 9.47 Å². The van der Waals surface area contributed by atoms with Crippen LogP contribution in [0.5, 0.6) is 5.75 Å². The number of nitrogens with zero attached hydrogens (tertiary/aromatic N) is 1. The van der Waals surface area contributed by atoms with Gasteiger partial charge in [0, 0.05) is 18.2 Å². The van der Waals surface area contributed by atoms with Crippen molar-refractivity contribution < 1.29 is 19.1 Å². The molecular weight excluding hydrogens is 274 g/mol. The molecule has 2 heterocycles. The van der Waals surface area contributed by atoms with Crippen LogP contribution in [0, 0.1) is 10.1 Å². The van der Waals surface area contributed by atoms with E-state index in [1.165, 1.54) is 6.07 Å². The van der Waals surface area contributed by atoms with Crippen LogP contribution in [0.15, 0.2) is 24.3 Å². The van der Waals surface area contributed by atoms with E-state index >= 15 is 0 Å². The highest BCUT2D eigenvalue weighted by atomic mass is 16.7. The minimum Gasteiger partial charge on any atom is -0.476 e. The van der Waals surface area contributed by atoms with Crippen LogP contribution in [0.3, 0.4) is 0 Å². The molecule has 2 aliphatic heterocycles. The number of para-hydroxylation sites is 1. The van der Waals surface area contributed by atoms with Gasteiger partial charge in [-0.05, 0) is 25.3 Å². The zero-order valence-corrected chi connectivity index (χ0v) is 11.6. The van der Waals surface area contributed by atoms with Crippen LogP contribution in [-0.4, -0.2) is 30.5 Å². The molecule has 21 heavy (non-hydrogen) atoms. The molecule has 112 valence electrons. The molecule has 0 spiro atoms. The third kappa shape index (κ3) is 3.22. The average molecular weight is 291 g/mol. The van der Waals surface area contributed by atoms with E-state index in [1.54, 1.807) is 12.1 Å². The Bertz CT molecular complexity index is 551. The number of rotatable bonds is 4. The topological polar surface area (TPSA) is 70.8 Å². The standard InChI is InChI=1S/C15H17NO5/c17-16(18)13-5-3-4-11-7-8-12(21-15(11)13)10-20-14-6-1-2-9-19-14/h3-5,7-8,12,14H,1-2,6,9-10H2. The predicted octanol–water partition coefficient (Wildman–Crippen LogP) is 2.91. The summed E-state index contributed by atoms with van der Waals surface area (Å²) in [6.07, 6.45) is 6.22. The fourth-order valence-electron chi connectivity index (χ4n) is 2.48. The van der Waals surface area contributed by atoms with Gasteiger partial charge in [-0.2, -0.15) is 0 Å². The van der Waals surface area contributed by atoms with Crippen molar-refractivity contribution in [2.24, 2.45) is 0 Å². The van der Waals surface area contributed by atoms with E-state index in [4.69, 9.17) is 14.2 Å². The van der Waals surface area contributed by atoms with Crippen LogP contribution in [0.2, 0.25) is 0 Å². The molecule has 2 atom stereocenters. The van der Waals surface area contributed by atoms with Gasteiger partial charge in [-0.1, -0.05) is 18.2 Å². The predicted molar refractivity (Wildman–Crippen MR) is 76.1 cm³/mol. The molecule has 2 aliphatic rings. The zero-order chi connectivity index (χ0) is 14.7. The average Bonchev–Trinajstić information content (AvgIpc) is 2.53. The van der Waals surface area contributed by atoms with Crippen molar-refractivity contribution in [2.45, 2.75) is 31.7 Å². The lowest BCUT2D eigenvalue weighted by molar-refractivity contribution is -0.386. The fraction of sp³-hybridized carbons (Fsp3) is 0.467. The smallest absolute Gasteiger partial charge is 0.311 e. The second kappa shape index (κ2) is 6.24. The number of benzene rings is 1. The van der Waals surface area contributed by atoms with Crippen molar-refractivity contribution in [1.29, 1.82) is 0 Å². The monoisotopic (exact) mass is 291 g/mol. The lowest BCUT2D eigenvalue weighted by atomic mass is 10.1. The van der Waals surface area contributed by atoms with Gasteiger partial charge in [-0.3, -0.25) is 10.1 Å². The largest absolute Gasteiger partial charge is 0.476 e. The molecule has 2 unspecified atom stereocenters. The van der Waals surface area contributed by atoms with Gasteiger partial charge in [0.15, 0.2) is 6.29 Å². The summed E-state index contributed by atoms with van der Waals surface area (Å²) in [7, 11) is 0. The van der Waals surface area contributed by atoms with Gasteiger partial charge in [-0.25, -0.2) is 0 Å². The Hall–Kier alpha value is -1.92. The van der Waals surface area contributed by atoms with Crippen molar-refractivity contribution in [3.63, 3.8) is 0 Å². The number of nitro benzene ring substituents is 1. The molecule has 0 radical (unpaired) electrons. The highest BCUT2D eigenvalue weighted by Gasteiger charge is 2.25. The van der Waals surface area contributed by atoms with Crippen LogP contribution in [0.4, 0.5) is 5.69 Å². The molecule has 3 rings (SSSR count). The summed E-state index contributed by atoms with van der Waals surface area (Å²) >= 11 is 0. The summed E-state index contributed by atoms with van der Waals surface area (Å²) in [5.41, 5.74) is 0.699. The van der Waals surface area contributed by atoms with Crippen molar-refractivity contribution >= 4 is 11.8 Å². The van der Waals surface area contributed by atoms with Crippen LogP contribution >= 0.6 is 0 Å². The summed E-state index contributed by atoms with van der Waals surface area (Å²) in [4.78, 5) is 10.6. The van der Waals surface area contributed by atoms with Crippen LogP contribution in [0.1, 0.15) is 24.8 Å². The van der Waals surface area contributed by atoms with E-state index in [0.717, 1.165) is 31.4 Å². The van der Waals surface area contributed by atoms with E-state index < -0.39 is 4.92 Å². The molecule has 0 saturated carbocycles. The summed E-state index contributed by atoms with van der Waals surface area (Å²) in [5, 5.41) is 11.0. The first-order valence-electron chi connectivity index (χ1n) is 7.09. The van der Waals surface area contributed by atoms with Gasteiger partial charge >= 0.3 is 5.69 Å². The molecule has 0 bridgehead atoms. The third-order valence-corrected chi connectivity index (χ3v) is 3.57. The molecule has 0 aromatic heterocycles. The minimum atomic E-state index is -0.430. The lowest BCUT2D eigenvalue weighted by Crippen LogP contribution is -2.29. The normalized spacial score (nSPS) is 24.2. The van der Waals surface area contributed by atoms with E-state index in [0.29, 0.717) is 12.4 Å². The maximum absolute atomic E-state index is 11.0. The van der Waals surface area contributed by atoms with Gasteiger partial charge in [0.2, 0.25) is 5.75 Å². The number of hydrogen-bond donors (Lipinski definition) is 0. The van der Waals surface area contributed by atoms with Gasteiger partial charge in [0.1, 0.15) is 6.10 Å². The van der Waals surface area contributed by atoms with Crippen LogP contribution in [0.25, 0.3) is 6.08 Å². The van der Waals surface area contributed by atoms with Crippen molar-refractivity contribution in [2.75, 3.05) is 13.2 Å². The molecule has 6 heteroatoms. The van der Waals surface area contributed by atoms with E-state index in [9.17, 15) is 10.1 Å². The Morgan fingerprint density at radius 1 is 1.38 bits per heavy atom. The second-order valence-corrected chi connectivity index (χ2v) is 5.10. The quantitative estimate of drug-likeness (QED) is 0.630. The molecule has 6 nitrogen and oxygen atoms in total. The van der Waals surface area contributed by atoms with Crippen LogP contribution < -0.4 is 4.74 Å². The molecule has 0 N–H and O–H groups in total. The molecule has 1 aromatic rings. The van der Waals surface area contributed by atoms with Crippen molar-refractivity contribution in [3.05, 3.63) is 40.0 Å². The molecular formula is C15H17NO5. The van der Waals surface area contributed by atoms with Gasteiger partial charge in [-0.15, -0.1) is 0 Å². The lowest BCUT2D eigenvalue weighted by Gasteiger charge is -2.26. The molecule has 0 aliphatic carbocycles. The number of ether oxygens (including phenoxy) is 3. The highest BCUT2D eigenvalue weighted by Crippen LogP contribution is 2.35. The SMILES string of the molecule is O=[N+]([O-])c1cccc2c1OC(COC1CCCCO1)C=C2. The van der Waals surface area contributed by atoms with E-state index in [-0.39, 0.29) is 18.1 Å². The molecule has 0 amide bonds. The Morgan fingerprint density at radius 3 is 3.05 bits per heavy atom. The molecule has 1 aromatic carbocycles. The number of hydrogen-bond acceptors (Lipinski definition) is 5. The summed E-state index contributed by atoms with van der Waals surface area (Å²) in [5.74, 6) is 0.308. The summed E-state index contributed by atoms with van der Waals surface area (Å²) < 4.78 is 16.9. The molecule has 1 fully saturated rings. The first-order valence-corrected chi connectivity index (χ1v) is 7.09. The fourth-order valence-corrected chi connectivity index (χ4v) is 2.48. The third-order valence-electron chi connectivity index (χ3n) is 3.57.